The van der Waals surface area contributed by atoms with Crippen molar-refractivity contribution in [2.24, 2.45) is 24.8 Å². The predicted molar refractivity (Wildman–Crippen MR) is 122 cm³/mol. The van der Waals surface area contributed by atoms with E-state index >= 15 is 0 Å². The maximum Gasteiger partial charge on any atom is 0.408 e. The molecule has 2 amide bonds. The summed E-state index contributed by atoms with van der Waals surface area (Å²) in [5.41, 5.74) is 1.50. The van der Waals surface area contributed by atoms with E-state index in [9.17, 15) is 9.59 Å². The van der Waals surface area contributed by atoms with Crippen molar-refractivity contribution in [3.8, 4) is 0 Å². The normalized spacial score (nSPS) is 23.2. The number of carbonyl (C=O) groups is 2. The number of aryl methyl sites for hydroxylation is 1. The van der Waals surface area contributed by atoms with Crippen LogP contribution in [0.2, 0.25) is 0 Å². The molecule has 2 aliphatic carbocycles. The summed E-state index contributed by atoms with van der Waals surface area (Å²) in [5.74, 6) is 1.56. The van der Waals surface area contributed by atoms with Crippen LogP contribution in [0.1, 0.15) is 39.2 Å². The highest BCUT2D eigenvalue weighted by Gasteiger charge is 2.36. The van der Waals surface area contributed by atoms with Crippen LogP contribution in [0.4, 0.5) is 4.79 Å². The van der Waals surface area contributed by atoms with E-state index in [1.54, 1.807) is 0 Å². The second kappa shape index (κ2) is 8.40. The van der Waals surface area contributed by atoms with Gasteiger partial charge in [0.1, 0.15) is 11.6 Å². The lowest BCUT2D eigenvalue weighted by Crippen LogP contribution is -2.50. The molecule has 0 aliphatic heterocycles. The smallest absolute Gasteiger partial charge is 0.408 e. The lowest BCUT2D eigenvalue weighted by Gasteiger charge is -2.24. The van der Waals surface area contributed by atoms with Crippen molar-refractivity contribution in [1.82, 2.24) is 15.2 Å². The molecule has 1 aromatic carbocycles. The van der Waals surface area contributed by atoms with Crippen molar-refractivity contribution < 1.29 is 14.3 Å². The first-order valence-electron chi connectivity index (χ1n) is 11.2. The highest BCUT2D eigenvalue weighted by Crippen LogP contribution is 2.42. The molecule has 6 nitrogen and oxygen atoms in total. The summed E-state index contributed by atoms with van der Waals surface area (Å²) >= 11 is 0. The third-order valence-electron chi connectivity index (χ3n) is 6.37. The molecule has 2 N–H and O–H groups in total. The zero-order valence-corrected chi connectivity index (χ0v) is 18.9. The van der Waals surface area contributed by atoms with Crippen LogP contribution in [0.5, 0.6) is 0 Å². The van der Waals surface area contributed by atoms with E-state index in [1.165, 1.54) is 6.42 Å². The third-order valence-corrected chi connectivity index (χ3v) is 6.37. The minimum absolute atomic E-state index is 0.162. The van der Waals surface area contributed by atoms with E-state index in [-0.39, 0.29) is 5.91 Å². The molecule has 6 heteroatoms. The largest absolute Gasteiger partial charge is 0.444 e. The highest BCUT2D eigenvalue weighted by molar-refractivity contribution is 5.88. The molecular formula is C25H33N3O3. The SMILES string of the molecule is Cn1cc(C[C@H](NC(=O)OC(C)(C)C)C(=O)NC[C@@H]2C[C@H]3C=C[C@H]2C3)c2ccccc21. The molecule has 4 atom stereocenters. The Morgan fingerprint density at radius 3 is 2.65 bits per heavy atom. The summed E-state index contributed by atoms with van der Waals surface area (Å²) in [5, 5.41) is 7.00. The molecule has 1 fully saturated rings. The summed E-state index contributed by atoms with van der Waals surface area (Å²) < 4.78 is 7.47. The van der Waals surface area contributed by atoms with Crippen LogP contribution in [0.3, 0.4) is 0 Å². The number of ether oxygens (including phenoxy) is 1. The van der Waals surface area contributed by atoms with Crippen LogP contribution in [0.15, 0.2) is 42.6 Å². The van der Waals surface area contributed by atoms with E-state index in [0.717, 1.165) is 22.9 Å². The first kappa shape index (κ1) is 21.5. The van der Waals surface area contributed by atoms with Gasteiger partial charge in [-0.05, 0) is 63.0 Å². The zero-order chi connectivity index (χ0) is 22.2. The van der Waals surface area contributed by atoms with E-state index in [1.807, 2.05) is 46.1 Å². The van der Waals surface area contributed by atoms with E-state index in [0.29, 0.717) is 30.7 Å². The molecule has 2 aromatic rings. The fourth-order valence-corrected chi connectivity index (χ4v) is 4.95. The quantitative estimate of drug-likeness (QED) is 0.691. The highest BCUT2D eigenvalue weighted by atomic mass is 16.6. The standard InChI is InChI=1S/C25H33N3O3/c1-25(2,3)31-24(30)27-21(13-19-15-28(4)22-8-6-5-7-20(19)22)23(29)26-14-18-12-16-9-10-17(18)11-16/h5-10,15-18,21H,11-14H2,1-4H3,(H,26,29)(H,27,30)/t16-,17-,18-,21-/m0/s1. The van der Waals surface area contributed by atoms with Crippen LogP contribution >= 0.6 is 0 Å². The van der Waals surface area contributed by atoms with Crippen LogP contribution < -0.4 is 10.6 Å². The Balaban J connectivity index is 1.48. The van der Waals surface area contributed by atoms with Crippen LogP contribution in [0.25, 0.3) is 10.9 Å². The van der Waals surface area contributed by atoms with Gasteiger partial charge in [-0.1, -0.05) is 30.4 Å². The number of alkyl carbamates (subject to hydrolysis) is 1. The Bertz CT molecular complexity index is 1000. The van der Waals surface area contributed by atoms with Gasteiger partial charge >= 0.3 is 6.09 Å². The monoisotopic (exact) mass is 423 g/mol. The number of rotatable bonds is 6. The minimum atomic E-state index is -0.699. The topological polar surface area (TPSA) is 72.4 Å². The molecule has 0 unspecified atom stereocenters. The average molecular weight is 424 g/mol. The molecule has 2 aliphatic rings. The molecule has 0 saturated heterocycles. The number of aromatic nitrogens is 1. The number of nitrogens with one attached hydrogen (secondary N) is 2. The molecule has 4 rings (SSSR count). The van der Waals surface area contributed by atoms with Crippen LogP contribution in [-0.4, -0.2) is 34.8 Å². The Labute approximate surface area is 184 Å². The van der Waals surface area contributed by atoms with Crippen molar-refractivity contribution in [3.63, 3.8) is 0 Å². The summed E-state index contributed by atoms with van der Waals surface area (Å²) in [6.07, 6.45) is 8.79. The van der Waals surface area contributed by atoms with Gasteiger partial charge in [0.2, 0.25) is 5.91 Å². The van der Waals surface area contributed by atoms with Crippen molar-refractivity contribution in [1.29, 1.82) is 0 Å². The van der Waals surface area contributed by atoms with E-state index in [4.69, 9.17) is 4.74 Å². The van der Waals surface area contributed by atoms with Crippen molar-refractivity contribution in [2.75, 3.05) is 6.54 Å². The zero-order valence-electron chi connectivity index (χ0n) is 18.9. The first-order valence-corrected chi connectivity index (χ1v) is 11.2. The lowest BCUT2D eigenvalue weighted by atomic mass is 9.93. The number of hydrogen-bond acceptors (Lipinski definition) is 3. The van der Waals surface area contributed by atoms with Gasteiger partial charge in [0.05, 0.1) is 0 Å². The summed E-state index contributed by atoms with van der Waals surface area (Å²) in [6, 6.07) is 7.39. The van der Waals surface area contributed by atoms with Gasteiger partial charge in [-0.2, -0.15) is 0 Å². The number of fused-ring (bicyclic) bond motifs is 3. The summed E-state index contributed by atoms with van der Waals surface area (Å²) in [6.45, 7) is 6.09. The molecule has 1 heterocycles. The molecule has 1 aromatic heterocycles. The Morgan fingerprint density at radius 1 is 1.19 bits per heavy atom. The second-order valence-corrected chi connectivity index (χ2v) is 9.97. The lowest BCUT2D eigenvalue weighted by molar-refractivity contribution is -0.123. The van der Waals surface area contributed by atoms with Gasteiger partial charge in [0, 0.05) is 37.1 Å². The number of amides is 2. The Kier molecular flexibility index (Phi) is 5.82. The third kappa shape index (κ3) is 4.94. The molecule has 0 radical (unpaired) electrons. The molecule has 31 heavy (non-hydrogen) atoms. The second-order valence-electron chi connectivity index (χ2n) is 9.97. The number of hydrogen-bond donors (Lipinski definition) is 2. The summed E-state index contributed by atoms with van der Waals surface area (Å²) in [7, 11) is 1.99. The fraction of sp³-hybridized carbons (Fsp3) is 0.520. The molecule has 0 spiro atoms. The van der Waals surface area contributed by atoms with Crippen molar-refractivity contribution >= 4 is 22.9 Å². The number of benzene rings is 1. The van der Waals surface area contributed by atoms with E-state index < -0.39 is 17.7 Å². The molecule has 2 bridgehead atoms. The van der Waals surface area contributed by atoms with Crippen LogP contribution in [0, 0.1) is 17.8 Å². The average Bonchev–Trinajstić information content (AvgIpc) is 3.40. The number of carbonyl (C=O) groups excluding carboxylic acids is 2. The van der Waals surface area contributed by atoms with Gasteiger partial charge in [-0.25, -0.2) is 4.79 Å². The van der Waals surface area contributed by atoms with Gasteiger partial charge < -0.3 is 19.9 Å². The Hall–Kier alpha value is -2.76. The maximum atomic E-state index is 13.1. The Morgan fingerprint density at radius 2 is 1.97 bits per heavy atom. The number of allylic oxidation sites excluding steroid dienone is 2. The van der Waals surface area contributed by atoms with Gasteiger partial charge in [-0.3, -0.25) is 4.79 Å². The molecule has 166 valence electrons. The maximum absolute atomic E-state index is 13.1. The fourth-order valence-electron chi connectivity index (χ4n) is 4.95. The first-order chi connectivity index (χ1) is 14.7. The predicted octanol–water partition coefficient (Wildman–Crippen LogP) is 3.94. The van der Waals surface area contributed by atoms with Gasteiger partial charge in [0.15, 0.2) is 0 Å². The summed E-state index contributed by atoms with van der Waals surface area (Å²) in [4.78, 5) is 25.6. The van der Waals surface area contributed by atoms with Gasteiger partial charge in [-0.15, -0.1) is 0 Å². The van der Waals surface area contributed by atoms with Gasteiger partial charge in [0.25, 0.3) is 0 Å². The number of nitrogens with zero attached hydrogens (tertiary/aromatic N) is 1. The van der Waals surface area contributed by atoms with Crippen molar-refractivity contribution in [3.05, 3.63) is 48.2 Å². The minimum Gasteiger partial charge on any atom is -0.444 e. The van der Waals surface area contributed by atoms with Crippen molar-refractivity contribution in [2.45, 2.75) is 51.7 Å². The molecular weight excluding hydrogens is 390 g/mol. The van der Waals surface area contributed by atoms with E-state index in [2.05, 4.69) is 39.5 Å². The number of para-hydroxylation sites is 1. The molecule has 1 saturated carbocycles. The van der Waals surface area contributed by atoms with Crippen LogP contribution in [-0.2, 0) is 23.0 Å².